The molecule has 0 aliphatic rings. The molecule has 0 radical (unpaired) electrons. The predicted octanol–water partition coefficient (Wildman–Crippen LogP) is 2.75. The van der Waals surface area contributed by atoms with Crippen LogP contribution in [0.15, 0.2) is 23.2 Å². The van der Waals surface area contributed by atoms with E-state index in [4.69, 9.17) is 17.3 Å². The molecule has 19 heavy (non-hydrogen) atoms. The SMILES string of the molecule is CC(C)NC(N)=NCc1cc(Cl)ccc1OC(F)F. The molecule has 0 aliphatic heterocycles. The molecule has 4 nitrogen and oxygen atoms in total. The van der Waals surface area contributed by atoms with Crippen molar-refractivity contribution >= 4 is 17.6 Å². The number of rotatable bonds is 5. The molecule has 0 unspecified atom stereocenters. The molecule has 1 aromatic rings. The van der Waals surface area contributed by atoms with E-state index in [-0.39, 0.29) is 24.3 Å². The zero-order chi connectivity index (χ0) is 14.4. The average Bonchev–Trinajstić information content (AvgIpc) is 2.28. The first-order valence-corrected chi connectivity index (χ1v) is 6.06. The van der Waals surface area contributed by atoms with Crippen LogP contribution in [-0.2, 0) is 6.54 Å². The van der Waals surface area contributed by atoms with Gasteiger partial charge in [0.25, 0.3) is 0 Å². The highest BCUT2D eigenvalue weighted by atomic mass is 35.5. The standard InChI is InChI=1S/C12H16ClF2N3O/c1-7(2)18-12(16)17-6-8-5-9(13)3-4-10(8)19-11(14)15/h3-5,7,11H,6H2,1-2H3,(H3,16,17,18). The summed E-state index contributed by atoms with van der Waals surface area (Å²) in [5.41, 5.74) is 6.07. The van der Waals surface area contributed by atoms with E-state index < -0.39 is 6.61 Å². The van der Waals surface area contributed by atoms with E-state index >= 15 is 0 Å². The average molecular weight is 292 g/mol. The van der Waals surface area contributed by atoms with Crippen molar-refractivity contribution in [2.75, 3.05) is 0 Å². The van der Waals surface area contributed by atoms with Crippen molar-refractivity contribution in [2.24, 2.45) is 10.7 Å². The Morgan fingerprint density at radius 1 is 1.47 bits per heavy atom. The number of hydrogen-bond donors (Lipinski definition) is 2. The Bertz CT molecular complexity index is 453. The van der Waals surface area contributed by atoms with Crippen LogP contribution in [0, 0.1) is 0 Å². The molecule has 0 bridgehead atoms. The van der Waals surface area contributed by atoms with Crippen LogP contribution in [0.4, 0.5) is 8.78 Å². The number of ether oxygens (including phenoxy) is 1. The van der Waals surface area contributed by atoms with Crippen molar-refractivity contribution in [1.29, 1.82) is 0 Å². The van der Waals surface area contributed by atoms with Gasteiger partial charge in [-0.25, -0.2) is 4.99 Å². The van der Waals surface area contributed by atoms with Crippen LogP contribution in [0.2, 0.25) is 5.02 Å². The summed E-state index contributed by atoms with van der Waals surface area (Å²) in [6, 6.07) is 4.51. The predicted molar refractivity (Wildman–Crippen MR) is 71.7 cm³/mol. The third kappa shape index (κ3) is 5.74. The molecule has 0 atom stereocenters. The molecule has 0 heterocycles. The minimum Gasteiger partial charge on any atom is -0.434 e. The van der Waals surface area contributed by atoms with Gasteiger partial charge in [0.1, 0.15) is 5.75 Å². The van der Waals surface area contributed by atoms with Gasteiger partial charge in [-0.3, -0.25) is 0 Å². The Balaban J connectivity index is 2.83. The summed E-state index contributed by atoms with van der Waals surface area (Å²) >= 11 is 5.81. The van der Waals surface area contributed by atoms with E-state index in [2.05, 4.69) is 15.0 Å². The summed E-state index contributed by atoms with van der Waals surface area (Å²) in [5.74, 6) is 0.276. The van der Waals surface area contributed by atoms with Crippen molar-refractivity contribution < 1.29 is 13.5 Å². The van der Waals surface area contributed by atoms with Crippen LogP contribution in [0.5, 0.6) is 5.75 Å². The molecule has 0 amide bonds. The molecule has 0 spiro atoms. The van der Waals surface area contributed by atoms with Crippen LogP contribution in [0.25, 0.3) is 0 Å². The molecule has 0 saturated carbocycles. The lowest BCUT2D eigenvalue weighted by molar-refractivity contribution is -0.0504. The van der Waals surface area contributed by atoms with E-state index in [0.29, 0.717) is 10.6 Å². The first kappa shape index (κ1) is 15.5. The number of nitrogens with zero attached hydrogens (tertiary/aromatic N) is 1. The van der Waals surface area contributed by atoms with Gasteiger partial charge >= 0.3 is 6.61 Å². The quantitative estimate of drug-likeness (QED) is 0.648. The van der Waals surface area contributed by atoms with Gasteiger partial charge in [0, 0.05) is 16.6 Å². The lowest BCUT2D eigenvalue weighted by Crippen LogP contribution is -2.36. The second-order valence-corrected chi connectivity index (χ2v) is 4.57. The molecular formula is C12H16ClF2N3O. The molecule has 0 saturated heterocycles. The second kappa shape index (κ2) is 7.13. The van der Waals surface area contributed by atoms with Crippen molar-refractivity contribution in [2.45, 2.75) is 33.0 Å². The summed E-state index contributed by atoms with van der Waals surface area (Å²) in [5, 5.41) is 3.31. The van der Waals surface area contributed by atoms with Gasteiger partial charge in [-0.1, -0.05) is 11.6 Å². The van der Waals surface area contributed by atoms with Crippen molar-refractivity contribution in [3.63, 3.8) is 0 Å². The molecule has 0 aromatic heterocycles. The van der Waals surface area contributed by atoms with Gasteiger partial charge in [0.2, 0.25) is 0 Å². The highest BCUT2D eigenvalue weighted by Crippen LogP contribution is 2.25. The molecule has 0 fully saturated rings. The number of alkyl halides is 2. The van der Waals surface area contributed by atoms with Crippen LogP contribution < -0.4 is 15.8 Å². The summed E-state index contributed by atoms with van der Waals surface area (Å²) < 4.78 is 28.9. The minimum absolute atomic E-state index is 0.0421. The van der Waals surface area contributed by atoms with E-state index in [9.17, 15) is 8.78 Å². The molecule has 7 heteroatoms. The van der Waals surface area contributed by atoms with Crippen molar-refractivity contribution in [3.05, 3.63) is 28.8 Å². The molecular weight excluding hydrogens is 276 g/mol. The molecule has 1 aromatic carbocycles. The smallest absolute Gasteiger partial charge is 0.387 e. The molecule has 0 aliphatic carbocycles. The molecule has 1 rings (SSSR count). The van der Waals surface area contributed by atoms with E-state index in [0.717, 1.165) is 0 Å². The van der Waals surface area contributed by atoms with Crippen LogP contribution in [-0.4, -0.2) is 18.6 Å². The normalized spacial score (nSPS) is 12.1. The maximum atomic E-state index is 12.2. The Kier molecular flexibility index (Phi) is 5.82. The second-order valence-electron chi connectivity index (χ2n) is 4.13. The highest BCUT2D eigenvalue weighted by Gasteiger charge is 2.10. The Morgan fingerprint density at radius 3 is 2.74 bits per heavy atom. The Morgan fingerprint density at radius 2 is 2.16 bits per heavy atom. The fourth-order valence-corrected chi connectivity index (χ4v) is 1.59. The molecule has 106 valence electrons. The lowest BCUT2D eigenvalue weighted by atomic mass is 10.2. The van der Waals surface area contributed by atoms with Gasteiger partial charge in [-0.2, -0.15) is 8.78 Å². The summed E-state index contributed by atoms with van der Waals surface area (Å²) in [6.07, 6.45) is 0. The van der Waals surface area contributed by atoms with Gasteiger partial charge < -0.3 is 15.8 Å². The lowest BCUT2D eigenvalue weighted by Gasteiger charge is -2.11. The van der Waals surface area contributed by atoms with Gasteiger partial charge in [0.15, 0.2) is 5.96 Å². The Hall–Kier alpha value is -1.56. The first-order valence-electron chi connectivity index (χ1n) is 5.68. The molecule has 3 N–H and O–H groups in total. The fraction of sp³-hybridized carbons (Fsp3) is 0.417. The summed E-state index contributed by atoms with van der Waals surface area (Å²) in [4.78, 5) is 4.04. The fourth-order valence-electron chi connectivity index (χ4n) is 1.39. The zero-order valence-corrected chi connectivity index (χ0v) is 11.4. The highest BCUT2D eigenvalue weighted by molar-refractivity contribution is 6.30. The minimum atomic E-state index is -2.89. The van der Waals surface area contributed by atoms with E-state index in [1.165, 1.54) is 18.2 Å². The third-order valence-electron chi connectivity index (χ3n) is 2.09. The number of benzene rings is 1. The number of nitrogens with one attached hydrogen (secondary N) is 1. The topological polar surface area (TPSA) is 59.6 Å². The maximum absolute atomic E-state index is 12.2. The number of guanidine groups is 1. The van der Waals surface area contributed by atoms with Crippen LogP contribution >= 0.6 is 11.6 Å². The van der Waals surface area contributed by atoms with Crippen molar-refractivity contribution in [1.82, 2.24) is 5.32 Å². The largest absolute Gasteiger partial charge is 0.434 e. The third-order valence-corrected chi connectivity index (χ3v) is 2.33. The monoisotopic (exact) mass is 291 g/mol. The number of aliphatic imine (C=N–C) groups is 1. The van der Waals surface area contributed by atoms with E-state index in [1.54, 1.807) is 0 Å². The first-order chi connectivity index (χ1) is 8.88. The summed E-state index contributed by atoms with van der Waals surface area (Å²) in [6.45, 7) is 1.03. The van der Waals surface area contributed by atoms with Crippen molar-refractivity contribution in [3.8, 4) is 5.75 Å². The van der Waals surface area contributed by atoms with Crippen LogP contribution in [0.1, 0.15) is 19.4 Å². The van der Waals surface area contributed by atoms with E-state index in [1.807, 2.05) is 13.8 Å². The number of halogens is 3. The van der Waals surface area contributed by atoms with Gasteiger partial charge in [-0.15, -0.1) is 0 Å². The van der Waals surface area contributed by atoms with Crippen LogP contribution in [0.3, 0.4) is 0 Å². The zero-order valence-electron chi connectivity index (χ0n) is 10.7. The van der Waals surface area contributed by atoms with Gasteiger partial charge in [-0.05, 0) is 32.0 Å². The van der Waals surface area contributed by atoms with Gasteiger partial charge in [0.05, 0.1) is 6.54 Å². The number of nitrogens with two attached hydrogens (primary N) is 1. The Labute approximate surface area is 115 Å². The summed E-state index contributed by atoms with van der Waals surface area (Å²) in [7, 11) is 0. The number of hydrogen-bond acceptors (Lipinski definition) is 2. The maximum Gasteiger partial charge on any atom is 0.387 e.